The van der Waals surface area contributed by atoms with Crippen molar-refractivity contribution in [3.05, 3.63) is 28.8 Å². The Morgan fingerprint density at radius 3 is 2.87 bits per heavy atom. The van der Waals surface area contributed by atoms with E-state index < -0.39 is 12.1 Å². The van der Waals surface area contributed by atoms with Gasteiger partial charge in [0.1, 0.15) is 5.75 Å². The van der Waals surface area contributed by atoms with Crippen molar-refractivity contribution in [3.63, 3.8) is 0 Å². The summed E-state index contributed by atoms with van der Waals surface area (Å²) in [5.41, 5.74) is 0.867. The second-order valence-electron chi connectivity index (χ2n) is 2.99. The van der Waals surface area contributed by atoms with E-state index in [1.807, 2.05) is 0 Å². The average molecular weight is 294 g/mol. The van der Waals surface area contributed by atoms with Crippen LogP contribution < -0.4 is 4.74 Å². The normalized spacial score (nSPS) is 12.2. The van der Waals surface area contributed by atoms with Crippen molar-refractivity contribution in [3.8, 4) is 5.75 Å². The summed E-state index contributed by atoms with van der Waals surface area (Å²) in [7, 11) is 0. The lowest BCUT2D eigenvalue weighted by Gasteiger charge is -2.11. The van der Waals surface area contributed by atoms with Crippen molar-refractivity contribution >= 4 is 33.5 Å². The Morgan fingerprint density at radius 2 is 2.33 bits per heavy atom. The smallest absolute Gasteiger partial charge is 0.344 e. The van der Waals surface area contributed by atoms with Crippen LogP contribution in [-0.4, -0.2) is 17.2 Å². The van der Waals surface area contributed by atoms with E-state index in [9.17, 15) is 4.79 Å². The van der Waals surface area contributed by atoms with Gasteiger partial charge in [-0.05, 0) is 30.7 Å². The third-order valence-corrected chi connectivity index (χ3v) is 2.79. The van der Waals surface area contributed by atoms with E-state index in [0.29, 0.717) is 16.1 Å². The molecule has 0 saturated heterocycles. The van der Waals surface area contributed by atoms with Gasteiger partial charge >= 0.3 is 5.97 Å². The summed E-state index contributed by atoms with van der Waals surface area (Å²) in [6.45, 7) is 1.48. The molecule has 1 aromatic carbocycles. The van der Waals surface area contributed by atoms with Crippen LogP contribution in [0.15, 0.2) is 18.2 Å². The highest BCUT2D eigenvalue weighted by molar-refractivity contribution is 9.08. The number of ether oxygens (including phenoxy) is 1. The van der Waals surface area contributed by atoms with Gasteiger partial charge in [-0.25, -0.2) is 4.79 Å². The molecule has 0 heterocycles. The summed E-state index contributed by atoms with van der Waals surface area (Å²) >= 11 is 9.17. The zero-order valence-corrected chi connectivity index (χ0v) is 10.4. The number of hydrogen-bond acceptors (Lipinski definition) is 2. The molecular weight excluding hydrogens is 283 g/mol. The molecule has 0 aromatic heterocycles. The SMILES string of the molecule is C[C@@H](Oc1ccc(Cl)c(CBr)c1)C(=O)O. The minimum atomic E-state index is -0.995. The van der Waals surface area contributed by atoms with Crippen LogP contribution in [0, 0.1) is 0 Å². The minimum absolute atomic E-state index is 0.503. The second-order valence-corrected chi connectivity index (χ2v) is 3.95. The lowest BCUT2D eigenvalue weighted by atomic mass is 10.2. The van der Waals surface area contributed by atoms with Gasteiger partial charge in [0.05, 0.1) is 0 Å². The molecule has 0 amide bonds. The summed E-state index contributed by atoms with van der Waals surface area (Å²) in [6.07, 6.45) is -0.866. The molecule has 0 aliphatic carbocycles. The molecule has 0 spiro atoms. The van der Waals surface area contributed by atoms with Crippen molar-refractivity contribution in [2.24, 2.45) is 0 Å². The monoisotopic (exact) mass is 292 g/mol. The van der Waals surface area contributed by atoms with Gasteiger partial charge in [0.25, 0.3) is 0 Å². The van der Waals surface area contributed by atoms with Crippen molar-refractivity contribution in [2.45, 2.75) is 18.4 Å². The molecule has 0 radical (unpaired) electrons. The highest BCUT2D eigenvalue weighted by Gasteiger charge is 2.12. The number of carboxylic acid groups (broad SMARTS) is 1. The van der Waals surface area contributed by atoms with Crippen LogP contribution in [0.5, 0.6) is 5.75 Å². The fourth-order valence-electron chi connectivity index (χ4n) is 0.981. The number of aliphatic carboxylic acids is 1. The van der Waals surface area contributed by atoms with E-state index in [1.165, 1.54) is 6.92 Å². The van der Waals surface area contributed by atoms with Crippen LogP contribution in [0.3, 0.4) is 0 Å². The second kappa shape index (κ2) is 5.37. The van der Waals surface area contributed by atoms with Gasteiger partial charge in [-0.1, -0.05) is 27.5 Å². The topological polar surface area (TPSA) is 46.5 Å². The molecule has 5 heteroatoms. The molecule has 0 unspecified atom stereocenters. The Kier molecular flexibility index (Phi) is 4.42. The molecule has 0 aliphatic heterocycles. The third-order valence-electron chi connectivity index (χ3n) is 1.82. The van der Waals surface area contributed by atoms with Gasteiger partial charge in [0.2, 0.25) is 0 Å². The summed E-state index contributed by atoms with van der Waals surface area (Å²) in [6, 6.07) is 5.05. The first kappa shape index (κ1) is 12.3. The lowest BCUT2D eigenvalue weighted by molar-refractivity contribution is -0.144. The highest BCUT2D eigenvalue weighted by Crippen LogP contribution is 2.24. The molecule has 1 aromatic rings. The van der Waals surface area contributed by atoms with Crippen LogP contribution in [0.2, 0.25) is 5.02 Å². The number of carboxylic acids is 1. The van der Waals surface area contributed by atoms with Gasteiger partial charge in [-0.3, -0.25) is 0 Å². The van der Waals surface area contributed by atoms with E-state index >= 15 is 0 Å². The van der Waals surface area contributed by atoms with E-state index in [-0.39, 0.29) is 0 Å². The number of rotatable bonds is 4. The van der Waals surface area contributed by atoms with Gasteiger partial charge in [-0.2, -0.15) is 0 Å². The van der Waals surface area contributed by atoms with Crippen LogP contribution in [-0.2, 0) is 10.1 Å². The highest BCUT2D eigenvalue weighted by atomic mass is 79.9. The molecule has 1 N–H and O–H groups in total. The third kappa shape index (κ3) is 3.39. The number of carbonyl (C=O) groups is 1. The van der Waals surface area contributed by atoms with Crippen molar-refractivity contribution in [1.82, 2.24) is 0 Å². The number of hydrogen-bond donors (Lipinski definition) is 1. The molecule has 0 saturated carbocycles. The Bertz CT molecular complexity index is 368. The summed E-state index contributed by atoms with van der Waals surface area (Å²) in [5, 5.41) is 9.89. The van der Waals surface area contributed by atoms with Gasteiger partial charge < -0.3 is 9.84 Å². The van der Waals surface area contributed by atoms with E-state index in [2.05, 4.69) is 15.9 Å². The average Bonchev–Trinajstić information content (AvgIpc) is 2.20. The molecule has 0 aliphatic rings. The molecule has 15 heavy (non-hydrogen) atoms. The maximum absolute atomic E-state index is 10.6. The van der Waals surface area contributed by atoms with Crippen LogP contribution in [0.1, 0.15) is 12.5 Å². The minimum Gasteiger partial charge on any atom is -0.479 e. The molecule has 0 fully saturated rings. The summed E-state index contributed by atoms with van der Waals surface area (Å²) in [4.78, 5) is 10.6. The summed E-state index contributed by atoms with van der Waals surface area (Å²) in [5.74, 6) is -0.492. The van der Waals surface area contributed by atoms with Crippen LogP contribution in [0.4, 0.5) is 0 Å². The number of alkyl halides is 1. The van der Waals surface area contributed by atoms with Gasteiger partial charge in [-0.15, -0.1) is 0 Å². The first-order chi connectivity index (χ1) is 7.04. The quantitative estimate of drug-likeness (QED) is 0.868. The lowest BCUT2D eigenvalue weighted by Crippen LogP contribution is -2.22. The number of benzene rings is 1. The molecule has 1 atom stereocenters. The molecular formula is C10H10BrClO3. The largest absolute Gasteiger partial charge is 0.479 e. The van der Waals surface area contributed by atoms with Crippen LogP contribution >= 0.6 is 27.5 Å². The Hall–Kier alpha value is -0.740. The first-order valence-corrected chi connectivity index (χ1v) is 5.78. The zero-order chi connectivity index (χ0) is 11.4. The van der Waals surface area contributed by atoms with Crippen molar-refractivity contribution < 1.29 is 14.6 Å². The maximum atomic E-state index is 10.6. The molecule has 3 nitrogen and oxygen atoms in total. The van der Waals surface area contributed by atoms with Crippen LogP contribution in [0.25, 0.3) is 0 Å². The fraction of sp³-hybridized carbons (Fsp3) is 0.300. The van der Waals surface area contributed by atoms with E-state index in [4.69, 9.17) is 21.4 Å². The summed E-state index contributed by atoms with van der Waals surface area (Å²) < 4.78 is 5.19. The van der Waals surface area contributed by atoms with Crippen molar-refractivity contribution in [1.29, 1.82) is 0 Å². The zero-order valence-electron chi connectivity index (χ0n) is 8.04. The molecule has 1 rings (SSSR count). The Morgan fingerprint density at radius 1 is 1.67 bits per heavy atom. The molecule has 82 valence electrons. The predicted octanol–water partition coefficient (Wildman–Crippen LogP) is 3.09. The Balaban J connectivity index is 2.83. The number of halogens is 2. The van der Waals surface area contributed by atoms with E-state index in [0.717, 1.165) is 5.56 Å². The fourth-order valence-corrected chi connectivity index (χ4v) is 1.79. The van der Waals surface area contributed by atoms with Crippen molar-refractivity contribution in [2.75, 3.05) is 0 Å². The maximum Gasteiger partial charge on any atom is 0.344 e. The van der Waals surface area contributed by atoms with Gasteiger partial charge in [0, 0.05) is 10.4 Å². The molecule has 0 bridgehead atoms. The van der Waals surface area contributed by atoms with E-state index in [1.54, 1.807) is 18.2 Å². The predicted molar refractivity (Wildman–Crippen MR) is 61.8 cm³/mol. The van der Waals surface area contributed by atoms with Gasteiger partial charge in [0.15, 0.2) is 6.10 Å². The first-order valence-electron chi connectivity index (χ1n) is 4.28. The standard InChI is InChI=1S/C10H10BrClO3/c1-6(10(13)14)15-8-2-3-9(12)7(4-8)5-11/h2-4,6H,5H2,1H3,(H,13,14)/t6-/m1/s1. The Labute approximate surface area is 101 Å².